The van der Waals surface area contributed by atoms with Crippen molar-refractivity contribution in [2.45, 2.75) is 63.5 Å². The van der Waals surface area contributed by atoms with E-state index in [2.05, 4.69) is 17.3 Å². The number of ether oxygens (including phenoxy) is 1. The minimum atomic E-state index is -0.239. The second-order valence-electron chi connectivity index (χ2n) is 7.35. The molecule has 1 saturated heterocycles. The molecule has 1 aliphatic heterocycles. The van der Waals surface area contributed by atoms with Gasteiger partial charge in [0.25, 0.3) is 5.91 Å². The molecular formula is C17H25N3O2. The lowest BCUT2D eigenvalue weighted by Crippen LogP contribution is -2.52. The lowest BCUT2D eigenvalue weighted by Gasteiger charge is -2.31. The van der Waals surface area contributed by atoms with E-state index in [1.807, 2.05) is 11.7 Å². The van der Waals surface area contributed by atoms with E-state index in [9.17, 15) is 4.79 Å². The van der Waals surface area contributed by atoms with E-state index in [1.165, 1.54) is 25.0 Å². The van der Waals surface area contributed by atoms with Gasteiger partial charge in [-0.15, -0.1) is 0 Å². The van der Waals surface area contributed by atoms with Crippen molar-refractivity contribution < 1.29 is 9.53 Å². The molecule has 1 aromatic rings. The van der Waals surface area contributed by atoms with E-state index in [0.717, 1.165) is 37.9 Å². The van der Waals surface area contributed by atoms with E-state index >= 15 is 0 Å². The highest BCUT2D eigenvalue weighted by molar-refractivity contribution is 5.94. The fraction of sp³-hybridized carbons (Fsp3) is 0.765. The van der Waals surface area contributed by atoms with Crippen LogP contribution in [0.15, 0.2) is 0 Å². The van der Waals surface area contributed by atoms with Gasteiger partial charge in [-0.25, -0.2) is 0 Å². The highest BCUT2D eigenvalue weighted by Crippen LogP contribution is 2.43. The van der Waals surface area contributed by atoms with Crippen LogP contribution in [0.5, 0.6) is 0 Å². The van der Waals surface area contributed by atoms with E-state index in [-0.39, 0.29) is 17.6 Å². The zero-order valence-electron chi connectivity index (χ0n) is 13.5. The summed E-state index contributed by atoms with van der Waals surface area (Å²) in [5.74, 6) is 0.614. The van der Waals surface area contributed by atoms with Crippen molar-refractivity contribution in [3.8, 4) is 0 Å². The van der Waals surface area contributed by atoms with Crippen LogP contribution in [0.4, 0.5) is 0 Å². The molecule has 1 amide bonds. The Morgan fingerprint density at radius 2 is 2.14 bits per heavy atom. The van der Waals surface area contributed by atoms with Crippen LogP contribution in [-0.4, -0.2) is 33.9 Å². The van der Waals surface area contributed by atoms with Gasteiger partial charge in [0.2, 0.25) is 0 Å². The number of aromatic nitrogens is 2. The summed E-state index contributed by atoms with van der Waals surface area (Å²) in [6, 6.07) is 0. The Morgan fingerprint density at radius 3 is 2.91 bits per heavy atom. The summed E-state index contributed by atoms with van der Waals surface area (Å²) >= 11 is 0. The van der Waals surface area contributed by atoms with Gasteiger partial charge in [0.05, 0.1) is 11.6 Å². The quantitative estimate of drug-likeness (QED) is 0.929. The highest BCUT2D eigenvalue weighted by Gasteiger charge is 2.49. The molecule has 4 rings (SSSR count). The molecule has 2 atom stereocenters. The minimum absolute atomic E-state index is 0.0163. The molecule has 22 heavy (non-hydrogen) atoms. The summed E-state index contributed by atoms with van der Waals surface area (Å²) in [5.41, 5.74) is 2.80. The van der Waals surface area contributed by atoms with Gasteiger partial charge in [-0.1, -0.05) is 0 Å². The summed E-state index contributed by atoms with van der Waals surface area (Å²) in [7, 11) is 1.95. The largest absolute Gasteiger partial charge is 0.375 e. The number of hydrogen-bond acceptors (Lipinski definition) is 3. The molecule has 0 radical (unpaired) electrons. The maximum atomic E-state index is 12.8. The summed E-state index contributed by atoms with van der Waals surface area (Å²) in [4.78, 5) is 12.8. The first-order chi connectivity index (χ1) is 10.6. The van der Waals surface area contributed by atoms with Crippen LogP contribution in [-0.2, 0) is 24.6 Å². The van der Waals surface area contributed by atoms with E-state index in [0.29, 0.717) is 11.6 Å². The minimum Gasteiger partial charge on any atom is -0.375 e. The molecule has 5 nitrogen and oxygen atoms in total. The van der Waals surface area contributed by atoms with Gasteiger partial charge in [-0.3, -0.25) is 9.48 Å². The van der Waals surface area contributed by atoms with Gasteiger partial charge in [-0.05, 0) is 57.8 Å². The Labute approximate surface area is 131 Å². The van der Waals surface area contributed by atoms with Crippen molar-refractivity contribution in [2.75, 3.05) is 6.61 Å². The predicted octanol–water partition coefficient (Wildman–Crippen LogP) is 1.99. The summed E-state index contributed by atoms with van der Waals surface area (Å²) < 4.78 is 7.80. The van der Waals surface area contributed by atoms with Crippen molar-refractivity contribution in [3.63, 3.8) is 0 Å². The van der Waals surface area contributed by atoms with Crippen LogP contribution in [0.25, 0.3) is 0 Å². The fourth-order valence-corrected chi connectivity index (χ4v) is 4.19. The van der Waals surface area contributed by atoms with Gasteiger partial charge in [-0.2, -0.15) is 5.10 Å². The first kappa shape index (κ1) is 14.2. The highest BCUT2D eigenvalue weighted by atomic mass is 16.5. The van der Waals surface area contributed by atoms with Gasteiger partial charge in [0, 0.05) is 24.9 Å². The Kier molecular flexibility index (Phi) is 3.29. The zero-order valence-corrected chi connectivity index (χ0v) is 13.5. The second kappa shape index (κ2) is 5.08. The molecule has 2 unspecified atom stereocenters. The molecule has 120 valence electrons. The molecule has 2 heterocycles. The van der Waals surface area contributed by atoms with Crippen LogP contribution in [0.1, 0.15) is 60.8 Å². The van der Waals surface area contributed by atoms with Crippen molar-refractivity contribution in [3.05, 3.63) is 17.0 Å². The van der Waals surface area contributed by atoms with Gasteiger partial charge in [0.15, 0.2) is 5.69 Å². The Bertz CT molecular complexity index is 605. The number of fused-ring (bicyclic) bond motifs is 1. The number of nitrogens with zero attached hydrogens (tertiary/aromatic N) is 2. The lowest BCUT2D eigenvalue weighted by atomic mass is 9.89. The van der Waals surface area contributed by atoms with Crippen LogP contribution in [0.2, 0.25) is 0 Å². The molecule has 0 spiro atoms. The monoisotopic (exact) mass is 303 g/mol. The molecule has 1 saturated carbocycles. The lowest BCUT2D eigenvalue weighted by molar-refractivity contribution is 0.0512. The Hall–Kier alpha value is -1.36. The van der Waals surface area contributed by atoms with Crippen molar-refractivity contribution in [1.82, 2.24) is 15.1 Å². The van der Waals surface area contributed by atoms with E-state index < -0.39 is 0 Å². The first-order valence-electron chi connectivity index (χ1n) is 8.57. The van der Waals surface area contributed by atoms with Crippen LogP contribution >= 0.6 is 0 Å². The Morgan fingerprint density at radius 1 is 1.36 bits per heavy atom. The van der Waals surface area contributed by atoms with Crippen molar-refractivity contribution in [2.24, 2.45) is 13.0 Å². The zero-order chi connectivity index (χ0) is 15.3. The number of aryl methyl sites for hydroxylation is 1. The number of nitrogens with one attached hydrogen (secondary N) is 1. The number of carbonyl (C=O) groups excluding carboxylic acids is 1. The average molecular weight is 303 g/mol. The molecule has 2 fully saturated rings. The van der Waals surface area contributed by atoms with Crippen molar-refractivity contribution in [1.29, 1.82) is 0 Å². The maximum Gasteiger partial charge on any atom is 0.272 e. The van der Waals surface area contributed by atoms with Gasteiger partial charge in [0.1, 0.15) is 0 Å². The van der Waals surface area contributed by atoms with E-state index in [4.69, 9.17) is 4.74 Å². The molecule has 0 bridgehead atoms. The molecule has 0 aromatic carbocycles. The number of hydrogen-bond donors (Lipinski definition) is 1. The standard InChI is InChI=1S/C17H25N3O2/c1-17(9-10-22-15(17)11-7-8-11)18-16(21)14-12-5-3-4-6-13(12)20(2)19-14/h11,15H,3-10H2,1-2H3,(H,18,21). The molecule has 5 heteroatoms. The topological polar surface area (TPSA) is 56.2 Å². The third kappa shape index (κ3) is 2.26. The molecule has 3 aliphatic rings. The molecule has 2 aliphatic carbocycles. The van der Waals surface area contributed by atoms with Crippen LogP contribution in [0, 0.1) is 5.92 Å². The smallest absolute Gasteiger partial charge is 0.272 e. The summed E-state index contributed by atoms with van der Waals surface area (Å²) in [6.07, 6.45) is 7.91. The molecule has 1 aromatic heterocycles. The SMILES string of the molecule is Cn1nc(C(=O)NC2(C)CCOC2C2CC2)c2c1CCCC2. The fourth-order valence-electron chi connectivity index (χ4n) is 4.19. The second-order valence-corrected chi connectivity index (χ2v) is 7.35. The Balaban J connectivity index is 1.57. The van der Waals surface area contributed by atoms with Gasteiger partial charge >= 0.3 is 0 Å². The number of amides is 1. The summed E-state index contributed by atoms with van der Waals surface area (Å²) in [6.45, 7) is 2.88. The number of carbonyl (C=O) groups is 1. The van der Waals surface area contributed by atoms with Crippen molar-refractivity contribution >= 4 is 5.91 Å². The predicted molar refractivity (Wildman–Crippen MR) is 82.8 cm³/mol. The molecular weight excluding hydrogens is 278 g/mol. The van der Waals surface area contributed by atoms with E-state index in [1.54, 1.807) is 0 Å². The van der Waals surface area contributed by atoms with Gasteiger partial charge < -0.3 is 10.1 Å². The van der Waals surface area contributed by atoms with Crippen LogP contribution < -0.4 is 5.32 Å². The van der Waals surface area contributed by atoms with Crippen LogP contribution in [0.3, 0.4) is 0 Å². The third-order valence-electron chi connectivity index (χ3n) is 5.58. The average Bonchev–Trinajstić information content (AvgIpc) is 3.19. The third-order valence-corrected chi connectivity index (χ3v) is 5.58. The first-order valence-corrected chi connectivity index (χ1v) is 8.57. The number of rotatable bonds is 3. The summed E-state index contributed by atoms with van der Waals surface area (Å²) in [5, 5.41) is 7.78. The normalized spacial score (nSPS) is 31.1. The molecule has 1 N–H and O–H groups in total. The maximum absolute atomic E-state index is 12.8.